The summed E-state index contributed by atoms with van der Waals surface area (Å²) < 4.78 is 5.46. The maximum Gasteiger partial charge on any atom is 0.305 e. The van der Waals surface area contributed by atoms with Crippen LogP contribution in [0.2, 0.25) is 0 Å². The van der Waals surface area contributed by atoms with Crippen LogP contribution in [-0.2, 0) is 14.3 Å². The molecule has 0 bridgehead atoms. The lowest BCUT2D eigenvalue weighted by Crippen LogP contribution is -2.45. The summed E-state index contributed by atoms with van der Waals surface area (Å²) >= 11 is 0. The van der Waals surface area contributed by atoms with Crippen LogP contribution in [0.4, 0.5) is 0 Å². The van der Waals surface area contributed by atoms with Crippen LogP contribution in [-0.4, -0.2) is 47.4 Å². The van der Waals surface area contributed by atoms with Crippen LogP contribution >= 0.6 is 0 Å². The molecule has 0 aliphatic rings. The quantitative estimate of drug-likeness (QED) is 0.0322. The number of carbonyl (C=O) groups is 2. The summed E-state index contributed by atoms with van der Waals surface area (Å²) in [6.45, 7) is 4.92. The molecular weight excluding hydrogens is 755 g/mol. The molecule has 3 N–H and O–H groups in total. The second kappa shape index (κ2) is 51.2. The van der Waals surface area contributed by atoms with Crippen molar-refractivity contribution in [1.29, 1.82) is 0 Å². The lowest BCUT2D eigenvalue weighted by atomic mass is 10.0. The Kier molecular flexibility index (Phi) is 50.1. The van der Waals surface area contributed by atoms with E-state index in [9.17, 15) is 19.8 Å². The van der Waals surface area contributed by atoms with Crippen molar-refractivity contribution >= 4 is 11.9 Å². The van der Waals surface area contributed by atoms with Gasteiger partial charge in [0.15, 0.2) is 0 Å². The van der Waals surface area contributed by atoms with E-state index in [4.69, 9.17) is 4.74 Å². The lowest BCUT2D eigenvalue weighted by Gasteiger charge is -2.22. The van der Waals surface area contributed by atoms with Crippen LogP contribution in [0.3, 0.4) is 0 Å². The predicted molar refractivity (Wildman–Crippen MR) is 264 cm³/mol. The van der Waals surface area contributed by atoms with Gasteiger partial charge in [-0.15, -0.1) is 0 Å². The molecule has 0 rings (SSSR count). The van der Waals surface area contributed by atoms with Gasteiger partial charge in [0, 0.05) is 12.8 Å². The Balaban J connectivity index is 3.35. The van der Waals surface area contributed by atoms with Gasteiger partial charge in [-0.25, -0.2) is 0 Å². The highest BCUT2D eigenvalue weighted by atomic mass is 16.5. The molecule has 0 radical (unpaired) electrons. The van der Waals surface area contributed by atoms with Gasteiger partial charge >= 0.3 is 5.97 Å². The molecule has 362 valence electrons. The molecule has 0 aliphatic carbocycles. The number of carbonyl (C=O) groups excluding carboxylic acids is 2. The number of hydrogen-bond acceptors (Lipinski definition) is 5. The topological polar surface area (TPSA) is 95.9 Å². The Labute approximate surface area is 380 Å². The fraction of sp³-hybridized carbons (Fsp3) is 0.927. The minimum atomic E-state index is -0.661. The molecule has 0 spiro atoms. The van der Waals surface area contributed by atoms with Crippen molar-refractivity contribution < 1.29 is 24.5 Å². The summed E-state index contributed by atoms with van der Waals surface area (Å²) in [5.74, 6) is -0.0329. The van der Waals surface area contributed by atoms with Gasteiger partial charge in [-0.05, 0) is 51.4 Å². The molecule has 2 unspecified atom stereocenters. The van der Waals surface area contributed by atoms with Crippen LogP contribution in [0.1, 0.15) is 303 Å². The second-order valence-electron chi connectivity index (χ2n) is 18.9. The number of rotatable bonds is 51. The number of allylic oxidation sites excluding steroid dienone is 2. The summed E-state index contributed by atoms with van der Waals surface area (Å²) in [5.41, 5.74) is 0. The number of esters is 1. The van der Waals surface area contributed by atoms with Crippen molar-refractivity contribution in [2.24, 2.45) is 0 Å². The lowest BCUT2D eigenvalue weighted by molar-refractivity contribution is -0.143. The number of ether oxygens (including phenoxy) is 1. The van der Waals surface area contributed by atoms with Gasteiger partial charge in [0.1, 0.15) is 0 Å². The fourth-order valence-corrected chi connectivity index (χ4v) is 8.58. The van der Waals surface area contributed by atoms with Crippen LogP contribution in [0, 0.1) is 0 Å². The van der Waals surface area contributed by atoms with Crippen molar-refractivity contribution in [2.75, 3.05) is 13.2 Å². The molecule has 0 saturated carbocycles. The second-order valence-corrected chi connectivity index (χ2v) is 18.9. The van der Waals surface area contributed by atoms with Gasteiger partial charge in [-0.3, -0.25) is 9.59 Å². The molecule has 1 amide bonds. The highest BCUT2D eigenvalue weighted by Crippen LogP contribution is 2.17. The Hall–Kier alpha value is -1.40. The Morgan fingerprint density at radius 2 is 0.770 bits per heavy atom. The standard InChI is InChI=1S/C55H107NO5/c1-3-5-7-9-11-13-15-29-33-37-41-45-49-55(60)61-50-46-42-38-34-30-27-25-23-21-19-17-16-18-20-22-24-26-28-32-36-40-44-48-54(59)56-52(51-57)53(58)47-43-39-35-31-14-12-10-8-6-4-2/h11,13,52-53,57-58H,3-10,12,14-51H2,1-2H3,(H,56,59)/b13-11-. The number of aliphatic hydroxyl groups is 2. The Bertz CT molecular complexity index is 909. The van der Waals surface area contributed by atoms with E-state index in [1.54, 1.807) is 0 Å². The number of aliphatic hydroxyl groups excluding tert-OH is 2. The zero-order valence-electron chi connectivity index (χ0n) is 41.2. The first-order valence-corrected chi connectivity index (χ1v) is 27.4. The SMILES string of the molecule is CCCCC/C=C\CCCCCCCC(=O)OCCCCCCCCCCCCCCCCCCCCCCCCC(=O)NC(CO)C(O)CCCCCCCCCCCC. The third kappa shape index (κ3) is 47.9. The molecule has 6 nitrogen and oxygen atoms in total. The summed E-state index contributed by atoms with van der Waals surface area (Å²) in [4.78, 5) is 24.4. The maximum atomic E-state index is 12.4. The Morgan fingerprint density at radius 3 is 1.20 bits per heavy atom. The van der Waals surface area contributed by atoms with Gasteiger partial charge in [0.25, 0.3) is 0 Å². The molecule has 6 heteroatoms. The molecule has 0 aromatic carbocycles. The highest BCUT2D eigenvalue weighted by Gasteiger charge is 2.20. The van der Waals surface area contributed by atoms with E-state index in [1.807, 2.05) is 0 Å². The van der Waals surface area contributed by atoms with E-state index in [0.717, 1.165) is 44.9 Å². The van der Waals surface area contributed by atoms with E-state index in [-0.39, 0.29) is 18.5 Å². The van der Waals surface area contributed by atoms with Crippen molar-refractivity contribution in [3.8, 4) is 0 Å². The average molecular weight is 862 g/mol. The molecule has 0 aromatic heterocycles. The third-order valence-electron chi connectivity index (χ3n) is 12.8. The molecule has 0 aromatic rings. The van der Waals surface area contributed by atoms with E-state index in [2.05, 4.69) is 31.3 Å². The van der Waals surface area contributed by atoms with E-state index < -0.39 is 12.1 Å². The normalized spacial score (nSPS) is 12.7. The van der Waals surface area contributed by atoms with Crippen molar-refractivity contribution in [3.63, 3.8) is 0 Å². The number of amides is 1. The Morgan fingerprint density at radius 1 is 0.443 bits per heavy atom. The minimum absolute atomic E-state index is 0.00321. The fourth-order valence-electron chi connectivity index (χ4n) is 8.58. The smallest absolute Gasteiger partial charge is 0.305 e. The van der Waals surface area contributed by atoms with Crippen LogP contribution in [0.5, 0.6) is 0 Å². The van der Waals surface area contributed by atoms with Crippen LogP contribution < -0.4 is 5.32 Å². The summed E-state index contributed by atoms with van der Waals surface area (Å²) in [6.07, 6.45) is 59.2. The average Bonchev–Trinajstić information content (AvgIpc) is 3.26. The van der Waals surface area contributed by atoms with Crippen molar-refractivity contribution in [2.45, 2.75) is 315 Å². The van der Waals surface area contributed by atoms with Crippen molar-refractivity contribution in [3.05, 3.63) is 12.2 Å². The van der Waals surface area contributed by atoms with Gasteiger partial charge in [0.2, 0.25) is 5.91 Å². The number of unbranched alkanes of at least 4 members (excludes halogenated alkanes) is 38. The molecular formula is C55H107NO5. The van der Waals surface area contributed by atoms with Gasteiger partial charge in [-0.2, -0.15) is 0 Å². The molecule has 0 saturated heterocycles. The summed E-state index contributed by atoms with van der Waals surface area (Å²) in [6, 6.07) is -0.539. The summed E-state index contributed by atoms with van der Waals surface area (Å²) in [5, 5.41) is 23.1. The summed E-state index contributed by atoms with van der Waals surface area (Å²) in [7, 11) is 0. The van der Waals surface area contributed by atoms with Crippen LogP contribution in [0.15, 0.2) is 12.2 Å². The molecule has 2 atom stereocenters. The number of nitrogens with one attached hydrogen (secondary N) is 1. The number of hydrogen-bond donors (Lipinski definition) is 3. The van der Waals surface area contributed by atoms with E-state index in [1.165, 1.54) is 225 Å². The van der Waals surface area contributed by atoms with Gasteiger partial charge < -0.3 is 20.3 Å². The molecule has 0 fully saturated rings. The zero-order valence-corrected chi connectivity index (χ0v) is 41.2. The van der Waals surface area contributed by atoms with Gasteiger partial charge in [-0.1, -0.05) is 251 Å². The van der Waals surface area contributed by atoms with Gasteiger partial charge in [0.05, 0.1) is 25.4 Å². The first-order chi connectivity index (χ1) is 30.0. The third-order valence-corrected chi connectivity index (χ3v) is 12.8. The molecule has 0 heterocycles. The monoisotopic (exact) mass is 862 g/mol. The maximum absolute atomic E-state index is 12.4. The molecule has 61 heavy (non-hydrogen) atoms. The molecule has 0 aliphatic heterocycles. The predicted octanol–water partition coefficient (Wildman–Crippen LogP) is 16.5. The first kappa shape index (κ1) is 59.6. The highest BCUT2D eigenvalue weighted by molar-refractivity contribution is 5.76. The largest absolute Gasteiger partial charge is 0.466 e. The van der Waals surface area contributed by atoms with Crippen LogP contribution in [0.25, 0.3) is 0 Å². The minimum Gasteiger partial charge on any atom is -0.466 e. The van der Waals surface area contributed by atoms with E-state index >= 15 is 0 Å². The van der Waals surface area contributed by atoms with E-state index in [0.29, 0.717) is 25.9 Å². The van der Waals surface area contributed by atoms with Crippen molar-refractivity contribution in [1.82, 2.24) is 5.32 Å². The zero-order chi connectivity index (χ0) is 44.4. The first-order valence-electron chi connectivity index (χ1n) is 27.4.